The van der Waals surface area contributed by atoms with Crippen molar-refractivity contribution >= 4 is 22.3 Å². The number of aromatic nitrogens is 1. The molecule has 1 aliphatic heterocycles. The van der Waals surface area contributed by atoms with Gasteiger partial charge in [0.1, 0.15) is 5.75 Å². The molecule has 2 heterocycles. The van der Waals surface area contributed by atoms with E-state index < -0.39 is 6.36 Å². The van der Waals surface area contributed by atoms with E-state index in [2.05, 4.69) is 50.4 Å². The summed E-state index contributed by atoms with van der Waals surface area (Å²) in [7, 11) is 4.05. The third kappa shape index (κ3) is 4.60. The zero-order valence-corrected chi connectivity index (χ0v) is 18.6. The zero-order chi connectivity index (χ0) is 23.1. The van der Waals surface area contributed by atoms with Crippen molar-refractivity contribution in [2.24, 2.45) is 0 Å². The predicted molar refractivity (Wildman–Crippen MR) is 121 cm³/mol. The van der Waals surface area contributed by atoms with E-state index in [-0.39, 0.29) is 11.3 Å². The minimum absolute atomic E-state index is 0.121. The van der Waals surface area contributed by atoms with Crippen LogP contribution >= 0.6 is 0 Å². The molecule has 32 heavy (non-hydrogen) atoms. The van der Waals surface area contributed by atoms with Gasteiger partial charge in [-0.15, -0.1) is 13.2 Å². The second-order valence-corrected chi connectivity index (χ2v) is 8.93. The summed E-state index contributed by atoms with van der Waals surface area (Å²) in [6, 6.07) is 14.3. The molecule has 1 fully saturated rings. The maximum Gasteiger partial charge on any atom is 0.573 e. The van der Waals surface area contributed by atoms with Gasteiger partial charge < -0.3 is 14.5 Å². The first kappa shape index (κ1) is 22.2. The van der Waals surface area contributed by atoms with E-state index >= 15 is 0 Å². The molecule has 0 amide bonds. The Labute approximate surface area is 186 Å². The molecule has 0 unspecified atom stereocenters. The smallest absolute Gasteiger partial charge is 0.406 e. The standard InChI is InChI=1S/C24H27F3N4O/c1-23(2)15-30(18-8-10-19(11-9-18)32-24(25,26)27)16-31(23)14-17-12-13-28-20-6-5-7-21(22(17)20)29(3)4/h5-13H,14-16H2,1-4H3. The lowest BCUT2D eigenvalue weighted by Crippen LogP contribution is -2.39. The molecule has 0 saturated carbocycles. The molecule has 3 aromatic rings. The molecule has 0 N–H and O–H groups in total. The Morgan fingerprint density at radius 1 is 1.06 bits per heavy atom. The van der Waals surface area contributed by atoms with Crippen LogP contribution in [0.15, 0.2) is 54.7 Å². The fourth-order valence-corrected chi connectivity index (χ4v) is 4.28. The Kier molecular flexibility index (Phi) is 5.67. The fraction of sp³-hybridized carbons (Fsp3) is 0.375. The number of pyridine rings is 1. The van der Waals surface area contributed by atoms with Crippen molar-refractivity contribution in [3.05, 3.63) is 60.3 Å². The average Bonchev–Trinajstić information content (AvgIpc) is 3.01. The molecule has 2 aromatic carbocycles. The molecular weight excluding hydrogens is 417 g/mol. The Morgan fingerprint density at radius 3 is 2.44 bits per heavy atom. The van der Waals surface area contributed by atoms with Crippen LogP contribution in [0.25, 0.3) is 10.9 Å². The molecule has 8 heteroatoms. The molecular formula is C24H27F3N4O. The van der Waals surface area contributed by atoms with Crippen LogP contribution in [0.2, 0.25) is 0 Å². The number of nitrogens with zero attached hydrogens (tertiary/aromatic N) is 4. The first-order chi connectivity index (χ1) is 15.0. The molecule has 1 saturated heterocycles. The van der Waals surface area contributed by atoms with Gasteiger partial charge in [0.05, 0.1) is 12.2 Å². The lowest BCUT2D eigenvalue weighted by molar-refractivity contribution is -0.274. The second-order valence-electron chi connectivity index (χ2n) is 8.93. The number of fused-ring (bicyclic) bond motifs is 1. The largest absolute Gasteiger partial charge is 0.573 e. The summed E-state index contributed by atoms with van der Waals surface area (Å²) < 4.78 is 41.3. The summed E-state index contributed by atoms with van der Waals surface area (Å²) in [6.45, 7) is 6.54. The minimum Gasteiger partial charge on any atom is -0.406 e. The van der Waals surface area contributed by atoms with E-state index in [9.17, 15) is 13.2 Å². The molecule has 0 bridgehead atoms. The lowest BCUT2D eigenvalue weighted by Gasteiger charge is -2.30. The Balaban J connectivity index is 1.57. The summed E-state index contributed by atoms with van der Waals surface area (Å²) in [6.07, 6.45) is -2.84. The fourth-order valence-electron chi connectivity index (χ4n) is 4.28. The quantitative estimate of drug-likeness (QED) is 0.536. The zero-order valence-electron chi connectivity index (χ0n) is 18.6. The monoisotopic (exact) mass is 444 g/mol. The topological polar surface area (TPSA) is 31.8 Å². The first-order valence-corrected chi connectivity index (χ1v) is 10.4. The second kappa shape index (κ2) is 8.16. The maximum absolute atomic E-state index is 12.4. The highest BCUT2D eigenvalue weighted by atomic mass is 19.4. The molecule has 0 aliphatic carbocycles. The van der Waals surface area contributed by atoms with Crippen LogP contribution in [0.1, 0.15) is 19.4 Å². The Morgan fingerprint density at radius 2 is 1.78 bits per heavy atom. The number of benzene rings is 2. The normalized spacial score (nSPS) is 16.5. The molecule has 5 nitrogen and oxygen atoms in total. The van der Waals surface area contributed by atoms with Gasteiger partial charge in [-0.1, -0.05) is 6.07 Å². The average molecular weight is 445 g/mol. The predicted octanol–water partition coefficient (Wildman–Crippen LogP) is 5.26. The van der Waals surface area contributed by atoms with Crippen molar-refractivity contribution in [3.63, 3.8) is 0 Å². The van der Waals surface area contributed by atoms with Crippen LogP contribution in [0.3, 0.4) is 0 Å². The van der Waals surface area contributed by atoms with Crippen molar-refractivity contribution in [2.75, 3.05) is 37.1 Å². The number of hydrogen-bond donors (Lipinski definition) is 0. The molecule has 0 radical (unpaired) electrons. The van der Waals surface area contributed by atoms with E-state index in [4.69, 9.17) is 0 Å². The van der Waals surface area contributed by atoms with Crippen molar-refractivity contribution in [2.45, 2.75) is 32.3 Å². The van der Waals surface area contributed by atoms with E-state index in [0.29, 0.717) is 6.67 Å². The molecule has 1 aromatic heterocycles. The SMILES string of the molecule is CN(C)c1cccc2nccc(CN3CN(c4ccc(OC(F)(F)F)cc4)CC3(C)C)c12. The molecule has 1 aliphatic rings. The minimum atomic E-state index is -4.69. The van der Waals surface area contributed by atoms with Gasteiger partial charge in [-0.25, -0.2) is 0 Å². The van der Waals surface area contributed by atoms with E-state index in [0.717, 1.165) is 35.4 Å². The van der Waals surface area contributed by atoms with Crippen LogP contribution in [-0.4, -0.2) is 49.1 Å². The van der Waals surface area contributed by atoms with Gasteiger partial charge in [-0.05, 0) is 61.9 Å². The Bertz CT molecular complexity index is 1090. The third-order valence-corrected chi connectivity index (χ3v) is 5.88. The van der Waals surface area contributed by atoms with Crippen LogP contribution in [0.4, 0.5) is 24.5 Å². The van der Waals surface area contributed by atoms with E-state index in [1.165, 1.54) is 17.7 Å². The van der Waals surface area contributed by atoms with E-state index in [1.807, 2.05) is 32.4 Å². The highest BCUT2D eigenvalue weighted by molar-refractivity contribution is 5.94. The third-order valence-electron chi connectivity index (χ3n) is 5.88. The number of ether oxygens (including phenoxy) is 1. The summed E-state index contributed by atoms with van der Waals surface area (Å²) in [4.78, 5) is 11.2. The highest BCUT2D eigenvalue weighted by Gasteiger charge is 2.37. The van der Waals surface area contributed by atoms with Crippen molar-refractivity contribution in [1.29, 1.82) is 0 Å². The van der Waals surface area contributed by atoms with Gasteiger partial charge in [0.25, 0.3) is 0 Å². The Hall–Kier alpha value is -3.00. The van der Waals surface area contributed by atoms with Crippen molar-refractivity contribution in [3.8, 4) is 5.75 Å². The van der Waals surface area contributed by atoms with Crippen LogP contribution in [0, 0.1) is 0 Å². The van der Waals surface area contributed by atoms with Gasteiger partial charge in [-0.2, -0.15) is 0 Å². The van der Waals surface area contributed by atoms with Crippen molar-refractivity contribution < 1.29 is 17.9 Å². The number of rotatable bonds is 5. The van der Waals surface area contributed by atoms with Gasteiger partial charge in [0, 0.05) is 55.7 Å². The summed E-state index contributed by atoms with van der Waals surface area (Å²) in [5, 5.41) is 1.14. The number of hydrogen-bond acceptors (Lipinski definition) is 5. The van der Waals surface area contributed by atoms with E-state index in [1.54, 1.807) is 12.1 Å². The van der Waals surface area contributed by atoms with Crippen LogP contribution < -0.4 is 14.5 Å². The summed E-state index contributed by atoms with van der Waals surface area (Å²) in [5.41, 5.74) is 4.03. The lowest BCUT2D eigenvalue weighted by atomic mass is 10.0. The van der Waals surface area contributed by atoms with Crippen LogP contribution in [0.5, 0.6) is 5.75 Å². The first-order valence-electron chi connectivity index (χ1n) is 10.4. The number of halogens is 3. The van der Waals surface area contributed by atoms with Gasteiger partial charge in [-0.3, -0.25) is 9.88 Å². The summed E-state index contributed by atoms with van der Waals surface area (Å²) >= 11 is 0. The molecule has 4 rings (SSSR count). The van der Waals surface area contributed by atoms with Crippen LogP contribution in [-0.2, 0) is 6.54 Å². The van der Waals surface area contributed by atoms with Crippen molar-refractivity contribution in [1.82, 2.24) is 9.88 Å². The maximum atomic E-state index is 12.4. The van der Waals surface area contributed by atoms with Gasteiger partial charge in [0.2, 0.25) is 0 Å². The van der Waals surface area contributed by atoms with Gasteiger partial charge in [0.15, 0.2) is 0 Å². The summed E-state index contributed by atoms with van der Waals surface area (Å²) in [5.74, 6) is -0.212. The molecule has 0 spiro atoms. The number of anilines is 2. The molecule has 170 valence electrons. The highest BCUT2D eigenvalue weighted by Crippen LogP contribution is 2.34. The molecule has 0 atom stereocenters. The number of alkyl halides is 3. The van der Waals surface area contributed by atoms with Gasteiger partial charge >= 0.3 is 6.36 Å².